The number of amides is 1. The van der Waals surface area contributed by atoms with Gasteiger partial charge in [0.25, 0.3) is 5.91 Å². The van der Waals surface area contributed by atoms with Crippen LogP contribution in [0.2, 0.25) is 0 Å². The molecule has 0 fully saturated rings. The lowest BCUT2D eigenvalue weighted by Crippen LogP contribution is -2.32. The first-order chi connectivity index (χ1) is 11.6. The fourth-order valence-corrected chi connectivity index (χ4v) is 3.17. The summed E-state index contributed by atoms with van der Waals surface area (Å²) in [5.41, 5.74) is 2.83. The van der Waals surface area contributed by atoms with E-state index in [0.29, 0.717) is 18.8 Å². The molecule has 0 aliphatic carbocycles. The van der Waals surface area contributed by atoms with Gasteiger partial charge in [-0.15, -0.1) is 0 Å². The molecule has 3 aromatic rings. The van der Waals surface area contributed by atoms with Gasteiger partial charge in [0.1, 0.15) is 5.69 Å². The molecule has 0 unspecified atom stereocenters. The second kappa shape index (κ2) is 7.05. The van der Waals surface area contributed by atoms with Crippen LogP contribution >= 0.6 is 15.9 Å². The topological polar surface area (TPSA) is 25.2 Å². The van der Waals surface area contributed by atoms with E-state index >= 15 is 0 Å². The van der Waals surface area contributed by atoms with Crippen LogP contribution in [0.1, 0.15) is 16.1 Å². The molecular weight excluding hydrogens is 364 g/mol. The Morgan fingerprint density at radius 1 is 1.12 bits per heavy atom. The quantitative estimate of drug-likeness (QED) is 0.625. The number of hydrogen-bond acceptors (Lipinski definition) is 1. The molecule has 0 saturated carbocycles. The third-order valence-corrected chi connectivity index (χ3v) is 4.29. The number of nitrogens with zero attached hydrogens (tertiary/aromatic N) is 2. The Balaban J connectivity index is 1.95. The van der Waals surface area contributed by atoms with Gasteiger partial charge in [0, 0.05) is 29.0 Å². The molecule has 1 amide bonds. The summed E-state index contributed by atoms with van der Waals surface area (Å²) < 4.78 is 2.73. The fraction of sp³-hybridized carbons (Fsp3) is 0.150. The first-order valence-electron chi connectivity index (χ1n) is 7.77. The monoisotopic (exact) mass is 382 g/mol. The highest BCUT2D eigenvalue weighted by Gasteiger charge is 2.20. The first-order valence-corrected chi connectivity index (χ1v) is 8.56. The molecule has 24 heavy (non-hydrogen) atoms. The maximum absolute atomic E-state index is 13.1. The highest BCUT2D eigenvalue weighted by atomic mass is 79.9. The Hall–Kier alpha value is -2.33. The van der Waals surface area contributed by atoms with Crippen molar-refractivity contribution in [3.05, 3.63) is 83.0 Å². The van der Waals surface area contributed by atoms with Crippen molar-refractivity contribution in [2.75, 3.05) is 6.54 Å². The average Bonchev–Trinajstić information content (AvgIpc) is 2.91. The van der Waals surface area contributed by atoms with Crippen molar-refractivity contribution in [2.45, 2.75) is 6.54 Å². The van der Waals surface area contributed by atoms with Gasteiger partial charge in [-0.25, -0.2) is 0 Å². The molecule has 0 bridgehead atoms. The zero-order valence-corrected chi connectivity index (χ0v) is 15.2. The van der Waals surface area contributed by atoms with Crippen molar-refractivity contribution in [1.82, 2.24) is 9.47 Å². The lowest BCUT2D eigenvalue weighted by molar-refractivity contribution is 0.0752. The van der Waals surface area contributed by atoms with E-state index in [1.54, 1.807) is 4.90 Å². The molecule has 0 radical (unpaired) electrons. The maximum atomic E-state index is 13.1. The number of rotatable bonds is 5. The van der Waals surface area contributed by atoms with E-state index in [-0.39, 0.29) is 5.91 Å². The SMILES string of the molecule is C=C(Br)CN(Cc1ccccc1)C(=O)c1cc2ccccc2n1C. The zero-order valence-electron chi connectivity index (χ0n) is 13.6. The van der Waals surface area contributed by atoms with E-state index < -0.39 is 0 Å². The second-order valence-electron chi connectivity index (χ2n) is 5.81. The number of aryl methyl sites for hydroxylation is 1. The molecule has 1 heterocycles. The van der Waals surface area contributed by atoms with Gasteiger partial charge in [0.2, 0.25) is 0 Å². The average molecular weight is 383 g/mol. The Labute approximate surface area is 150 Å². The van der Waals surface area contributed by atoms with Gasteiger partial charge in [0.15, 0.2) is 0 Å². The molecule has 2 aromatic carbocycles. The Bertz CT molecular complexity index is 883. The molecule has 0 atom stereocenters. The van der Waals surface area contributed by atoms with Crippen molar-refractivity contribution >= 4 is 32.7 Å². The Morgan fingerprint density at radius 2 is 1.79 bits per heavy atom. The summed E-state index contributed by atoms with van der Waals surface area (Å²) in [6, 6.07) is 20.0. The summed E-state index contributed by atoms with van der Waals surface area (Å²) in [7, 11) is 1.93. The van der Waals surface area contributed by atoms with Gasteiger partial charge in [-0.1, -0.05) is 71.0 Å². The third-order valence-electron chi connectivity index (χ3n) is 4.04. The van der Waals surface area contributed by atoms with Crippen LogP contribution in [-0.2, 0) is 13.6 Å². The number of para-hydroxylation sites is 1. The minimum atomic E-state index is -0.00171. The van der Waals surface area contributed by atoms with Crippen LogP contribution in [-0.4, -0.2) is 21.9 Å². The highest BCUT2D eigenvalue weighted by molar-refractivity contribution is 9.11. The molecule has 0 N–H and O–H groups in total. The van der Waals surface area contributed by atoms with Gasteiger partial charge in [-0.3, -0.25) is 4.79 Å². The van der Waals surface area contributed by atoms with E-state index in [9.17, 15) is 4.79 Å². The standard InChI is InChI=1S/C20H19BrN2O/c1-15(21)13-23(14-16-8-4-3-5-9-16)20(24)19-12-17-10-6-7-11-18(17)22(19)2/h3-12H,1,13-14H2,2H3. The van der Waals surface area contributed by atoms with Gasteiger partial charge < -0.3 is 9.47 Å². The van der Waals surface area contributed by atoms with Crippen LogP contribution in [0.15, 0.2) is 71.7 Å². The lowest BCUT2D eigenvalue weighted by atomic mass is 10.2. The van der Waals surface area contributed by atoms with Crippen molar-refractivity contribution in [3.8, 4) is 0 Å². The smallest absolute Gasteiger partial charge is 0.271 e. The number of aromatic nitrogens is 1. The van der Waals surface area contributed by atoms with Crippen molar-refractivity contribution in [1.29, 1.82) is 0 Å². The molecule has 1 aromatic heterocycles. The predicted molar refractivity (Wildman–Crippen MR) is 102 cm³/mol. The van der Waals surface area contributed by atoms with Crippen LogP contribution in [0.3, 0.4) is 0 Å². The molecule has 0 saturated heterocycles. The number of hydrogen-bond donors (Lipinski definition) is 0. The first kappa shape index (κ1) is 16.5. The van der Waals surface area contributed by atoms with Crippen LogP contribution in [0.25, 0.3) is 10.9 Å². The summed E-state index contributed by atoms with van der Waals surface area (Å²) in [6.45, 7) is 4.91. The molecule has 122 valence electrons. The summed E-state index contributed by atoms with van der Waals surface area (Å²) in [5.74, 6) is -0.00171. The van der Waals surface area contributed by atoms with Crippen molar-refractivity contribution < 1.29 is 4.79 Å². The maximum Gasteiger partial charge on any atom is 0.271 e. The van der Waals surface area contributed by atoms with E-state index in [4.69, 9.17) is 0 Å². The van der Waals surface area contributed by atoms with E-state index in [0.717, 1.165) is 20.9 Å². The van der Waals surface area contributed by atoms with Gasteiger partial charge in [-0.2, -0.15) is 0 Å². The van der Waals surface area contributed by atoms with Crippen molar-refractivity contribution in [2.24, 2.45) is 7.05 Å². The molecule has 4 heteroatoms. The molecular formula is C20H19BrN2O. The summed E-state index contributed by atoms with van der Waals surface area (Å²) in [5, 5.41) is 1.07. The van der Waals surface area contributed by atoms with E-state index in [1.807, 2.05) is 72.3 Å². The normalized spacial score (nSPS) is 10.8. The lowest BCUT2D eigenvalue weighted by Gasteiger charge is -2.23. The summed E-state index contributed by atoms with van der Waals surface area (Å²) in [4.78, 5) is 14.9. The summed E-state index contributed by atoms with van der Waals surface area (Å²) >= 11 is 3.39. The largest absolute Gasteiger partial charge is 0.340 e. The molecule has 0 aliphatic rings. The number of benzene rings is 2. The predicted octanol–water partition coefficient (Wildman–Crippen LogP) is 4.73. The van der Waals surface area contributed by atoms with Crippen LogP contribution < -0.4 is 0 Å². The van der Waals surface area contributed by atoms with Crippen LogP contribution in [0, 0.1) is 0 Å². The molecule has 0 aliphatic heterocycles. The number of carbonyl (C=O) groups is 1. The minimum Gasteiger partial charge on any atom is -0.340 e. The molecule has 0 spiro atoms. The van der Waals surface area contributed by atoms with Gasteiger partial charge in [0.05, 0.1) is 6.54 Å². The van der Waals surface area contributed by atoms with E-state index in [1.165, 1.54) is 0 Å². The minimum absolute atomic E-state index is 0.00171. The van der Waals surface area contributed by atoms with Crippen LogP contribution in [0.4, 0.5) is 0 Å². The Kier molecular flexibility index (Phi) is 4.86. The number of carbonyl (C=O) groups excluding carboxylic acids is 1. The van der Waals surface area contributed by atoms with E-state index in [2.05, 4.69) is 22.5 Å². The second-order valence-corrected chi connectivity index (χ2v) is 6.93. The molecule has 3 nitrogen and oxygen atoms in total. The third kappa shape index (κ3) is 3.44. The van der Waals surface area contributed by atoms with Gasteiger partial charge >= 0.3 is 0 Å². The zero-order chi connectivity index (χ0) is 17.1. The molecule has 3 rings (SSSR count). The Morgan fingerprint density at radius 3 is 2.46 bits per heavy atom. The number of fused-ring (bicyclic) bond motifs is 1. The van der Waals surface area contributed by atoms with Gasteiger partial charge in [-0.05, 0) is 17.7 Å². The summed E-state index contributed by atoms with van der Waals surface area (Å²) in [6.07, 6.45) is 0. The highest BCUT2D eigenvalue weighted by Crippen LogP contribution is 2.21. The van der Waals surface area contributed by atoms with Crippen LogP contribution in [0.5, 0.6) is 0 Å². The van der Waals surface area contributed by atoms with Crippen molar-refractivity contribution in [3.63, 3.8) is 0 Å². The fourth-order valence-electron chi connectivity index (χ4n) is 2.87. The number of halogens is 1.